The van der Waals surface area contributed by atoms with Gasteiger partial charge >= 0.3 is 5.97 Å². The molecular weight excluding hydrogens is 370 g/mol. The van der Waals surface area contributed by atoms with Gasteiger partial charge in [0.2, 0.25) is 5.91 Å². The first kappa shape index (κ1) is 22.0. The van der Waals surface area contributed by atoms with E-state index in [4.69, 9.17) is 14.2 Å². The Hall–Kier alpha value is -3.28. The number of esters is 1. The first-order chi connectivity index (χ1) is 14.0. The Labute approximate surface area is 171 Å². The van der Waals surface area contributed by atoms with Crippen LogP contribution in [0.15, 0.2) is 54.6 Å². The number of methoxy groups -OCH3 is 3. The van der Waals surface area contributed by atoms with Crippen molar-refractivity contribution in [3.63, 3.8) is 0 Å². The van der Waals surface area contributed by atoms with Crippen molar-refractivity contribution in [3.8, 4) is 11.5 Å². The van der Waals surface area contributed by atoms with E-state index in [1.54, 1.807) is 44.3 Å². The largest absolute Gasteiger partial charge is 0.493 e. The summed E-state index contributed by atoms with van der Waals surface area (Å²) in [5, 5.41) is 0. The topological polar surface area (TPSA) is 65.1 Å². The van der Waals surface area contributed by atoms with Gasteiger partial charge in [-0.05, 0) is 29.3 Å². The van der Waals surface area contributed by atoms with Crippen LogP contribution in [0, 0.1) is 5.92 Å². The summed E-state index contributed by atoms with van der Waals surface area (Å²) >= 11 is 0. The molecule has 1 unspecified atom stereocenters. The summed E-state index contributed by atoms with van der Waals surface area (Å²) in [6, 6.07) is 15.1. The fraction of sp³-hybridized carbons (Fsp3) is 0.304. The monoisotopic (exact) mass is 397 g/mol. The molecule has 0 saturated carbocycles. The number of benzene rings is 2. The van der Waals surface area contributed by atoms with Crippen molar-refractivity contribution in [2.75, 3.05) is 27.9 Å². The lowest BCUT2D eigenvalue weighted by Crippen LogP contribution is -2.35. The summed E-state index contributed by atoms with van der Waals surface area (Å²) in [4.78, 5) is 26.3. The van der Waals surface area contributed by atoms with Crippen LogP contribution in [0.1, 0.15) is 18.1 Å². The molecule has 154 valence electrons. The summed E-state index contributed by atoms with van der Waals surface area (Å²) in [5.74, 6) is 0.234. The maximum atomic E-state index is 12.9. The lowest BCUT2D eigenvalue weighted by Gasteiger charge is -2.24. The van der Waals surface area contributed by atoms with Gasteiger partial charge in [-0.3, -0.25) is 9.59 Å². The highest BCUT2D eigenvalue weighted by atomic mass is 16.5. The minimum Gasteiger partial charge on any atom is -0.493 e. The average Bonchev–Trinajstić information content (AvgIpc) is 2.76. The third-order valence-corrected chi connectivity index (χ3v) is 4.45. The molecule has 0 aliphatic rings. The van der Waals surface area contributed by atoms with Gasteiger partial charge in [0.1, 0.15) is 0 Å². The van der Waals surface area contributed by atoms with Gasteiger partial charge in [0.25, 0.3) is 0 Å². The molecule has 0 spiro atoms. The molecule has 0 heterocycles. The van der Waals surface area contributed by atoms with E-state index >= 15 is 0 Å². The Morgan fingerprint density at radius 3 is 2.31 bits per heavy atom. The third kappa shape index (κ3) is 6.38. The highest BCUT2D eigenvalue weighted by Gasteiger charge is 2.20. The van der Waals surface area contributed by atoms with Crippen molar-refractivity contribution in [1.82, 2.24) is 4.90 Å². The quantitative estimate of drug-likeness (QED) is 0.478. The number of nitrogens with zero attached hydrogens (tertiary/aromatic N) is 1. The van der Waals surface area contributed by atoms with Crippen molar-refractivity contribution in [3.05, 3.63) is 65.7 Å². The maximum Gasteiger partial charge on any atom is 0.310 e. The molecular formula is C23H27NO5. The first-order valence-electron chi connectivity index (χ1n) is 9.29. The molecule has 2 aromatic rings. The third-order valence-electron chi connectivity index (χ3n) is 4.45. The number of rotatable bonds is 9. The Morgan fingerprint density at radius 2 is 1.69 bits per heavy atom. The van der Waals surface area contributed by atoms with Gasteiger partial charge in [-0.15, -0.1) is 0 Å². The van der Waals surface area contributed by atoms with Crippen LogP contribution >= 0.6 is 0 Å². The van der Waals surface area contributed by atoms with Crippen LogP contribution in [0.2, 0.25) is 0 Å². The van der Waals surface area contributed by atoms with Gasteiger partial charge < -0.3 is 19.1 Å². The van der Waals surface area contributed by atoms with Crippen molar-refractivity contribution in [2.24, 2.45) is 5.92 Å². The molecule has 0 fully saturated rings. The van der Waals surface area contributed by atoms with Crippen molar-refractivity contribution in [2.45, 2.75) is 13.5 Å². The summed E-state index contributed by atoms with van der Waals surface area (Å²) in [6.45, 7) is 2.41. The molecule has 29 heavy (non-hydrogen) atoms. The standard InChI is InChI=1S/C23H27NO5/c1-17(23(26)29-4)15-24(16-19-8-6-5-7-9-19)22(25)13-11-18-10-12-20(27-2)21(14-18)28-3/h5-14,17H,15-16H2,1-4H3/b13-11+. The summed E-state index contributed by atoms with van der Waals surface area (Å²) in [5.41, 5.74) is 1.79. The maximum absolute atomic E-state index is 12.9. The van der Waals surface area contributed by atoms with Crippen molar-refractivity contribution >= 4 is 18.0 Å². The van der Waals surface area contributed by atoms with Crippen LogP contribution in [0.25, 0.3) is 6.08 Å². The highest BCUT2D eigenvalue weighted by Crippen LogP contribution is 2.28. The molecule has 0 N–H and O–H groups in total. The molecule has 0 bridgehead atoms. The molecule has 6 heteroatoms. The zero-order valence-electron chi connectivity index (χ0n) is 17.3. The van der Waals surface area contributed by atoms with Crippen molar-refractivity contribution in [1.29, 1.82) is 0 Å². The lowest BCUT2D eigenvalue weighted by molar-refractivity contribution is -0.146. The number of amides is 1. The number of hydrogen-bond acceptors (Lipinski definition) is 5. The van der Waals surface area contributed by atoms with Gasteiger partial charge in [-0.2, -0.15) is 0 Å². The van der Waals surface area contributed by atoms with Crippen LogP contribution < -0.4 is 9.47 Å². The van der Waals surface area contributed by atoms with Crippen LogP contribution in [0.5, 0.6) is 11.5 Å². The van der Waals surface area contributed by atoms with E-state index in [0.717, 1.165) is 11.1 Å². The molecule has 0 aromatic heterocycles. The fourth-order valence-electron chi connectivity index (χ4n) is 2.87. The van der Waals surface area contributed by atoms with Crippen LogP contribution in [-0.2, 0) is 20.9 Å². The van der Waals surface area contributed by atoms with Gasteiger partial charge in [0.05, 0.1) is 27.2 Å². The molecule has 0 aliphatic heterocycles. The summed E-state index contributed by atoms with van der Waals surface area (Å²) < 4.78 is 15.3. The number of carbonyl (C=O) groups excluding carboxylic acids is 2. The van der Waals surface area contributed by atoms with Gasteiger partial charge in [-0.25, -0.2) is 0 Å². The minimum atomic E-state index is -0.429. The Balaban J connectivity index is 2.19. The lowest BCUT2D eigenvalue weighted by atomic mass is 10.1. The summed E-state index contributed by atoms with van der Waals surface area (Å²) in [6.07, 6.45) is 3.21. The number of hydrogen-bond donors (Lipinski definition) is 0. The molecule has 1 amide bonds. The molecule has 2 rings (SSSR count). The van der Waals surface area contributed by atoms with Crippen LogP contribution in [0.3, 0.4) is 0 Å². The van der Waals surface area contributed by atoms with E-state index in [1.165, 1.54) is 13.2 Å². The predicted octanol–water partition coefficient (Wildman–Crippen LogP) is 3.55. The normalized spacial score (nSPS) is 11.7. The predicted molar refractivity (Wildman–Crippen MR) is 112 cm³/mol. The number of carbonyl (C=O) groups is 2. The van der Waals surface area contributed by atoms with Gasteiger partial charge in [0.15, 0.2) is 11.5 Å². The summed E-state index contributed by atoms with van der Waals surface area (Å²) in [7, 11) is 4.48. The Kier molecular flexibility index (Phi) is 8.27. The minimum absolute atomic E-state index is 0.195. The Bertz CT molecular complexity index is 848. The van der Waals surface area contributed by atoms with E-state index in [0.29, 0.717) is 18.0 Å². The SMILES string of the molecule is COC(=O)C(C)CN(Cc1ccccc1)C(=O)/C=C/c1ccc(OC)c(OC)c1. The van der Waals surface area contributed by atoms with E-state index in [9.17, 15) is 9.59 Å². The first-order valence-corrected chi connectivity index (χ1v) is 9.29. The zero-order valence-corrected chi connectivity index (χ0v) is 17.3. The molecule has 0 saturated heterocycles. The molecule has 1 atom stereocenters. The fourth-order valence-corrected chi connectivity index (χ4v) is 2.87. The van der Waals surface area contributed by atoms with E-state index in [2.05, 4.69) is 0 Å². The number of ether oxygens (including phenoxy) is 3. The molecule has 6 nitrogen and oxygen atoms in total. The molecule has 2 aromatic carbocycles. The van der Waals surface area contributed by atoms with Crippen LogP contribution in [0.4, 0.5) is 0 Å². The zero-order chi connectivity index (χ0) is 21.2. The van der Waals surface area contributed by atoms with E-state index in [1.807, 2.05) is 36.4 Å². The second-order valence-electron chi connectivity index (χ2n) is 6.58. The molecule has 0 aliphatic carbocycles. The smallest absolute Gasteiger partial charge is 0.310 e. The Morgan fingerprint density at radius 1 is 1.00 bits per heavy atom. The van der Waals surface area contributed by atoms with Gasteiger partial charge in [-0.1, -0.05) is 43.3 Å². The second kappa shape index (κ2) is 10.9. The van der Waals surface area contributed by atoms with Crippen molar-refractivity contribution < 1.29 is 23.8 Å². The highest BCUT2D eigenvalue weighted by molar-refractivity contribution is 5.92. The van der Waals surface area contributed by atoms with Crippen LogP contribution in [-0.4, -0.2) is 44.7 Å². The molecule has 0 radical (unpaired) electrons. The van der Waals surface area contributed by atoms with Gasteiger partial charge in [0, 0.05) is 19.2 Å². The van der Waals surface area contributed by atoms with E-state index < -0.39 is 5.92 Å². The second-order valence-corrected chi connectivity index (χ2v) is 6.58. The average molecular weight is 397 g/mol. The van der Waals surface area contributed by atoms with E-state index in [-0.39, 0.29) is 18.4 Å².